The van der Waals surface area contributed by atoms with Gasteiger partial charge in [0.25, 0.3) is 0 Å². The van der Waals surface area contributed by atoms with Gasteiger partial charge in [-0.15, -0.1) is 0 Å². The molecule has 2 saturated carbocycles. The molecular weight excluding hydrogens is 416 g/mol. The van der Waals surface area contributed by atoms with E-state index in [0.717, 1.165) is 17.9 Å². The number of carbonyl (C=O) groups is 1. The largest absolute Gasteiger partial charge is 0.458 e. The number of rotatable bonds is 4. The minimum Gasteiger partial charge on any atom is -0.458 e. The molecule has 6 unspecified atom stereocenters. The van der Waals surface area contributed by atoms with E-state index in [4.69, 9.17) is 4.74 Å². The summed E-state index contributed by atoms with van der Waals surface area (Å²) >= 11 is 0. The second-order valence-electron chi connectivity index (χ2n) is 10.6. The van der Waals surface area contributed by atoms with E-state index in [1.807, 2.05) is 13.0 Å². The smallest absolute Gasteiger partial charge is 0.309 e. The number of carbonyl (C=O) groups excluding carboxylic acids is 1. The summed E-state index contributed by atoms with van der Waals surface area (Å²) in [5.41, 5.74) is 3.51. The average Bonchev–Trinajstić information content (AvgIpc) is 3.43. The summed E-state index contributed by atoms with van der Waals surface area (Å²) < 4.78 is 6.03. The van der Waals surface area contributed by atoms with Gasteiger partial charge in [0, 0.05) is 0 Å². The summed E-state index contributed by atoms with van der Waals surface area (Å²) in [6.45, 7) is 6.67. The molecule has 6 atom stereocenters. The Hall–Kier alpha value is -3.13. The van der Waals surface area contributed by atoms with Gasteiger partial charge in [-0.2, -0.15) is 0 Å². The third-order valence-corrected chi connectivity index (χ3v) is 8.93. The summed E-state index contributed by atoms with van der Waals surface area (Å²) in [5, 5.41) is 4.90. The van der Waals surface area contributed by atoms with Crippen molar-refractivity contribution >= 4 is 27.5 Å². The zero-order valence-corrected chi connectivity index (χ0v) is 20.2. The number of ether oxygens (including phenoxy) is 1. The fraction of sp³-hybridized carbons (Fsp3) is 0.344. The Morgan fingerprint density at radius 3 is 2.32 bits per heavy atom. The van der Waals surface area contributed by atoms with Crippen molar-refractivity contribution in [2.45, 2.75) is 39.7 Å². The minimum absolute atomic E-state index is 0.00450. The van der Waals surface area contributed by atoms with E-state index in [-0.39, 0.29) is 18.0 Å². The van der Waals surface area contributed by atoms with Crippen molar-refractivity contribution in [1.82, 2.24) is 0 Å². The molecule has 0 amide bonds. The lowest BCUT2D eigenvalue weighted by Crippen LogP contribution is -2.31. The van der Waals surface area contributed by atoms with Gasteiger partial charge < -0.3 is 4.74 Å². The summed E-state index contributed by atoms with van der Waals surface area (Å²) in [6.07, 6.45) is 1.97. The van der Waals surface area contributed by atoms with Gasteiger partial charge >= 0.3 is 5.97 Å². The van der Waals surface area contributed by atoms with Gasteiger partial charge in [-0.05, 0) is 93.8 Å². The van der Waals surface area contributed by atoms with Gasteiger partial charge in [0.1, 0.15) is 6.10 Å². The first-order chi connectivity index (χ1) is 16.5. The number of benzene rings is 4. The lowest BCUT2D eigenvalue weighted by molar-refractivity contribution is -0.156. The molecule has 4 aromatic rings. The molecule has 2 nitrogen and oxygen atoms in total. The Balaban J connectivity index is 1.27. The van der Waals surface area contributed by atoms with E-state index >= 15 is 0 Å². The van der Waals surface area contributed by atoms with E-state index < -0.39 is 0 Å². The first-order valence-corrected chi connectivity index (χ1v) is 12.7. The molecule has 172 valence electrons. The summed E-state index contributed by atoms with van der Waals surface area (Å²) in [7, 11) is 0. The van der Waals surface area contributed by atoms with Crippen LogP contribution in [-0.4, -0.2) is 5.97 Å². The fourth-order valence-electron chi connectivity index (χ4n) is 6.68. The molecule has 0 aliphatic heterocycles. The van der Waals surface area contributed by atoms with Crippen LogP contribution < -0.4 is 0 Å². The highest BCUT2D eigenvalue weighted by Gasteiger charge is 2.51. The molecule has 0 spiro atoms. The third kappa shape index (κ3) is 3.52. The van der Waals surface area contributed by atoms with Crippen LogP contribution in [0.15, 0.2) is 78.9 Å². The van der Waals surface area contributed by atoms with Gasteiger partial charge in [-0.25, -0.2) is 0 Å². The standard InChI is InChI=1S/C32H32O2/c1-19-20(2)29-17-27(19)18-31(29)32(33)34-21(3)24-13-14-28-26(15-24)12-10-23-9-11-25(16-30(23)28)22-7-5-4-6-8-22/h4-16,19-21,27,29,31H,17-18H2,1-3H3. The minimum atomic E-state index is -0.241. The molecule has 2 bridgehead atoms. The maximum Gasteiger partial charge on any atom is 0.309 e. The molecule has 0 saturated heterocycles. The molecule has 0 radical (unpaired) electrons. The summed E-state index contributed by atoms with van der Waals surface area (Å²) in [5.74, 6) is 2.65. The van der Waals surface area contributed by atoms with Gasteiger partial charge in [0.2, 0.25) is 0 Å². The summed E-state index contributed by atoms with van der Waals surface area (Å²) in [4.78, 5) is 13.1. The van der Waals surface area contributed by atoms with Crippen LogP contribution in [0.2, 0.25) is 0 Å². The maximum atomic E-state index is 13.1. The predicted octanol–water partition coefficient (Wildman–Crippen LogP) is 8.19. The van der Waals surface area contributed by atoms with Crippen molar-refractivity contribution in [1.29, 1.82) is 0 Å². The highest BCUT2D eigenvalue weighted by molar-refractivity contribution is 6.08. The topological polar surface area (TPSA) is 26.3 Å². The van der Waals surface area contributed by atoms with Gasteiger partial charge in [-0.3, -0.25) is 4.79 Å². The zero-order valence-electron chi connectivity index (χ0n) is 20.2. The Bertz CT molecular complexity index is 1370. The molecule has 0 aromatic heterocycles. The van der Waals surface area contributed by atoms with Crippen LogP contribution in [0.4, 0.5) is 0 Å². The van der Waals surface area contributed by atoms with Crippen molar-refractivity contribution < 1.29 is 9.53 Å². The monoisotopic (exact) mass is 448 g/mol. The highest BCUT2D eigenvalue weighted by Crippen LogP contribution is 2.55. The van der Waals surface area contributed by atoms with Crippen LogP contribution in [0.3, 0.4) is 0 Å². The average molecular weight is 449 g/mol. The first-order valence-electron chi connectivity index (χ1n) is 12.7. The van der Waals surface area contributed by atoms with Crippen molar-refractivity contribution in [3.63, 3.8) is 0 Å². The zero-order chi connectivity index (χ0) is 23.4. The quantitative estimate of drug-likeness (QED) is 0.232. The molecule has 2 fully saturated rings. The molecule has 0 heterocycles. The Morgan fingerprint density at radius 1 is 0.794 bits per heavy atom. The SMILES string of the molecule is CC(OC(=O)C1CC2CC1C(C)C2C)c1ccc2c(ccc3ccc(-c4ccccc4)cc32)c1. The van der Waals surface area contributed by atoms with Crippen molar-refractivity contribution in [3.8, 4) is 11.1 Å². The van der Waals surface area contributed by atoms with E-state index in [1.165, 1.54) is 39.1 Å². The fourth-order valence-corrected chi connectivity index (χ4v) is 6.68. The molecule has 2 aliphatic rings. The van der Waals surface area contributed by atoms with E-state index in [1.54, 1.807) is 0 Å². The molecule has 2 heteroatoms. The van der Waals surface area contributed by atoms with Crippen LogP contribution in [-0.2, 0) is 9.53 Å². The first kappa shape index (κ1) is 21.4. The Morgan fingerprint density at radius 2 is 1.56 bits per heavy atom. The number of esters is 1. The lowest BCUT2D eigenvalue weighted by atomic mass is 9.76. The van der Waals surface area contributed by atoms with E-state index in [9.17, 15) is 4.79 Å². The third-order valence-electron chi connectivity index (χ3n) is 8.93. The highest BCUT2D eigenvalue weighted by atomic mass is 16.5. The molecule has 34 heavy (non-hydrogen) atoms. The Labute approximate surface area is 201 Å². The van der Waals surface area contributed by atoms with Crippen LogP contribution in [0, 0.1) is 29.6 Å². The molecular formula is C32H32O2. The lowest BCUT2D eigenvalue weighted by Gasteiger charge is -2.31. The second-order valence-corrected chi connectivity index (χ2v) is 10.6. The maximum absolute atomic E-state index is 13.1. The van der Waals surface area contributed by atoms with Gasteiger partial charge in [-0.1, -0.05) is 80.6 Å². The van der Waals surface area contributed by atoms with Crippen LogP contribution in [0.1, 0.15) is 45.3 Å². The van der Waals surface area contributed by atoms with Crippen LogP contribution >= 0.6 is 0 Å². The number of hydrogen-bond acceptors (Lipinski definition) is 2. The second kappa shape index (κ2) is 8.27. The van der Waals surface area contributed by atoms with Gasteiger partial charge in [0.15, 0.2) is 0 Å². The molecule has 2 aliphatic carbocycles. The Kier molecular flexibility index (Phi) is 5.21. The number of fused-ring (bicyclic) bond motifs is 5. The molecule has 4 aromatic carbocycles. The van der Waals surface area contributed by atoms with Crippen molar-refractivity contribution in [2.24, 2.45) is 29.6 Å². The van der Waals surface area contributed by atoms with Crippen molar-refractivity contribution in [3.05, 3.63) is 84.4 Å². The van der Waals surface area contributed by atoms with Crippen LogP contribution in [0.5, 0.6) is 0 Å². The van der Waals surface area contributed by atoms with E-state index in [0.29, 0.717) is 17.8 Å². The predicted molar refractivity (Wildman–Crippen MR) is 139 cm³/mol. The van der Waals surface area contributed by atoms with Crippen LogP contribution in [0.25, 0.3) is 32.7 Å². The molecule has 6 rings (SSSR count). The summed E-state index contributed by atoms with van der Waals surface area (Å²) in [6, 6.07) is 28.0. The van der Waals surface area contributed by atoms with Gasteiger partial charge in [0.05, 0.1) is 5.92 Å². The van der Waals surface area contributed by atoms with Crippen molar-refractivity contribution in [2.75, 3.05) is 0 Å². The van der Waals surface area contributed by atoms with E-state index in [2.05, 4.69) is 86.6 Å². The number of hydrogen-bond donors (Lipinski definition) is 0. The normalized spacial score (nSPS) is 26.7. The molecule has 0 N–H and O–H groups in total.